The molecule has 1 atom stereocenters. The summed E-state index contributed by atoms with van der Waals surface area (Å²) < 4.78 is 38.3. The van der Waals surface area contributed by atoms with Gasteiger partial charge in [0.25, 0.3) is 0 Å². The fraction of sp³-hybridized carbons (Fsp3) is 0.333. The summed E-state index contributed by atoms with van der Waals surface area (Å²) in [5, 5.41) is 9.01. The molecule has 0 aromatic heterocycles. The van der Waals surface area contributed by atoms with E-state index in [-0.39, 0.29) is 12.0 Å². The van der Waals surface area contributed by atoms with Crippen LogP contribution in [0.25, 0.3) is 0 Å². The summed E-state index contributed by atoms with van der Waals surface area (Å²) in [5.41, 5.74) is -0.000185. The van der Waals surface area contributed by atoms with Crippen molar-refractivity contribution < 1.29 is 18.3 Å². The topological polar surface area (TPSA) is 20.2 Å². The van der Waals surface area contributed by atoms with Gasteiger partial charge in [0.05, 0.1) is 6.10 Å². The van der Waals surface area contributed by atoms with Crippen LogP contribution in [0.5, 0.6) is 0 Å². The van der Waals surface area contributed by atoms with Gasteiger partial charge >= 0.3 is 0 Å². The Morgan fingerprint density at radius 1 is 1.31 bits per heavy atom. The van der Waals surface area contributed by atoms with Gasteiger partial charge in [0.1, 0.15) is 5.83 Å². The van der Waals surface area contributed by atoms with E-state index in [1.807, 2.05) is 0 Å². The molecule has 1 rings (SSSR count). The Morgan fingerprint density at radius 2 is 1.92 bits per heavy atom. The van der Waals surface area contributed by atoms with Gasteiger partial charge in [-0.15, -0.1) is 0 Å². The third kappa shape index (κ3) is 2.45. The minimum atomic E-state index is -1.31. The van der Waals surface area contributed by atoms with Gasteiger partial charge in [-0.05, 0) is 24.6 Å². The molecule has 1 aliphatic carbocycles. The highest BCUT2D eigenvalue weighted by molar-refractivity contribution is 5.32. The quantitative estimate of drug-likeness (QED) is 0.622. The minimum absolute atomic E-state index is 0.000185. The Balaban J connectivity index is 3.10. The van der Waals surface area contributed by atoms with Crippen molar-refractivity contribution >= 4 is 0 Å². The van der Waals surface area contributed by atoms with Crippen LogP contribution in [0.3, 0.4) is 0 Å². The fourth-order valence-corrected chi connectivity index (χ4v) is 0.989. The molecule has 0 saturated carbocycles. The van der Waals surface area contributed by atoms with Crippen LogP contribution >= 0.6 is 0 Å². The Labute approximate surface area is 73.9 Å². The normalized spacial score (nSPS) is 24.8. The highest BCUT2D eigenvalue weighted by Crippen LogP contribution is 2.24. The van der Waals surface area contributed by atoms with Gasteiger partial charge in [-0.25, -0.2) is 13.2 Å². The SMILES string of the molecule is CC1=C(F)CC(O)C=C(F)C(F)=C1. The van der Waals surface area contributed by atoms with Gasteiger partial charge < -0.3 is 5.11 Å². The predicted molar refractivity (Wildman–Crippen MR) is 42.8 cm³/mol. The molecule has 0 saturated heterocycles. The zero-order chi connectivity index (χ0) is 10.0. The molecule has 1 N–H and O–H groups in total. The van der Waals surface area contributed by atoms with Crippen LogP contribution in [-0.2, 0) is 0 Å². The smallest absolute Gasteiger partial charge is 0.158 e. The molecule has 0 heterocycles. The van der Waals surface area contributed by atoms with Crippen LogP contribution in [0.15, 0.2) is 35.2 Å². The van der Waals surface area contributed by atoms with Crippen molar-refractivity contribution in [1.82, 2.24) is 0 Å². The molecule has 0 spiro atoms. The molecule has 1 nitrogen and oxygen atoms in total. The molecule has 0 aliphatic heterocycles. The van der Waals surface area contributed by atoms with Crippen LogP contribution in [0.4, 0.5) is 13.2 Å². The molecule has 0 aromatic rings. The van der Waals surface area contributed by atoms with Gasteiger partial charge in [0.15, 0.2) is 11.7 Å². The molecule has 0 amide bonds. The van der Waals surface area contributed by atoms with Gasteiger partial charge in [0.2, 0.25) is 0 Å². The van der Waals surface area contributed by atoms with Gasteiger partial charge in [-0.1, -0.05) is 0 Å². The Hall–Kier alpha value is -1.03. The van der Waals surface area contributed by atoms with Crippen molar-refractivity contribution in [1.29, 1.82) is 0 Å². The summed E-state index contributed by atoms with van der Waals surface area (Å²) in [4.78, 5) is 0. The number of allylic oxidation sites excluding steroid dienone is 4. The van der Waals surface area contributed by atoms with Gasteiger partial charge in [-0.2, -0.15) is 0 Å². The Kier molecular flexibility index (Phi) is 2.93. The maximum atomic E-state index is 12.9. The van der Waals surface area contributed by atoms with Gasteiger partial charge in [0, 0.05) is 6.42 Å². The summed E-state index contributed by atoms with van der Waals surface area (Å²) in [7, 11) is 0. The molecular formula is C9H9F3O. The third-order valence-corrected chi connectivity index (χ3v) is 1.73. The summed E-state index contributed by atoms with van der Waals surface area (Å²) in [6, 6.07) is 0. The highest BCUT2D eigenvalue weighted by atomic mass is 19.2. The predicted octanol–water partition coefficient (Wildman–Crippen LogP) is 2.70. The lowest BCUT2D eigenvalue weighted by Gasteiger charge is -2.08. The summed E-state index contributed by atoms with van der Waals surface area (Å²) in [6.45, 7) is 1.32. The highest BCUT2D eigenvalue weighted by Gasteiger charge is 2.14. The lowest BCUT2D eigenvalue weighted by molar-refractivity contribution is 0.211. The van der Waals surface area contributed by atoms with E-state index < -0.39 is 23.6 Å². The zero-order valence-corrected chi connectivity index (χ0v) is 7.02. The first kappa shape index (κ1) is 10.1. The van der Waals surface area contributed by atoms with Crippen LogP contribution in [0.1, 0.15) is 13.3 Å². The molecule has 0 fully saturated rings. The second-order valence-electron chi connectivity index (χ2n) is 2.87. The monoisotopic (exact) mass is 190 g/mol. The second kappa shape index (κ2) is 3.79. The van der Waals surface area contributed by atoms with Crippen molar-refractivity contribution in [2.75, 3.05) is 0 Å². The third-order valence-electron chi connectivity index (χ3n) is 1.73. The van der Waals surface area contributed by atoms with Gasteiger partial charge in [-0.3, -0.25) is 0 Å². The number of aliphatic hydroxyl groups excluding tert-OH is 1. The standard InChI is InChI=1S/C9H9F3O/c1-5-2-8(11)9(12)4-6(13)3-7(5)10/h2,4,6,13H,3H2,1H3. The molecule has 1 aliphatic rings. The van der Waals surface area contributed by atoms with E-state index in [2.05, 4.69) is 0 Å². The first-order valence-electron chi connectivity index (χ1n) is 3.79. The van der Waals surface area contributed by atoms with E-state index in [1.165, 1.54) is 6.92 Å². The number of aliphatic hydroxyl groups is 1. The van der Waals surface area contributed by atoms with E-state index in [0.29, 0.717) is 6.08 Å². The first-order valence-corrected chi connectivity index (χ1v) is 3.79. The van der Waals surface area contributed by atoms with Crippen molar-refractivity contribution in [2.24, 2.45) is 0 Å². The maximum Gasteiger partial charge on any atom is 0.158 e. The molecule has 0 radical (unpaired) electrons. The van der Waals surface area contributed by atoms with Crippen molar-refractivity contribution in [2.45, 2.75) is 19.4 Å². The van der Waals surface area contributed by atoms with E-state index in [1.54, 1.807) is 0 Å². The molecular weight excluding hydrogens is 181 g/mol. The number of hydrogen-bond donors (Lipinski definition) is 1. The molecule has 72 valence electrons. The van der Waals surface area contributed by atoms with Crippen LogP contribution in [-0.4, -0.2) is 11.2 Å². The largest absolute Gasteiger partial charge is 0.388 e. The first-order chi connectivity index (χ1) is 6.00. The Bertz CT molecular complexity index is 302. The molecule has 0 bridgehead atoms. The fourth-order valence-electron chi connectivity index (χ4n) is 0.989. The minimum Gasteiger partial charge on any atom is -0.388 e. The maximum absolute atomic E-state index is 12.9. The van der Waals surface area contributed by atoms with E-state index in [9.17, 15) is 13.2 Å². The summed E-state index contributed by atoms with van der Waals surface area (Å²) >= 11 is 0. The number of hydrogen-bond acceptors (Lipinski definition) is 1. The zero-order valence-electron chi connectivity index (χ0n) is 7.02. The second-order valence-corrected chi connectivity index (χ2v) is 2.87. The summed E-state index contributed by atoms with van der Waals surface area (Å²) in [5.74, 6) is -2.95. The number of rotatable bonds is 0. The van der Waals surface area contributed by atoms with Crippen molar-refractivity contribution in [3.63, 3.8) is 0 Å². The van der Waals surface area contributed by atoms with Crippen molar-refractivity contribution in [3.8, 4) is 0 Å². The average Bonchev–Trinajstić information content (AvgIpc) is 2.02. The van der Waals surface area contributed by atoms with Crippen molar-refractivity contribution in [3.05, 3.63) is 35.2 Å². The Morgan fingerprint density at radius 3 is 2.54 bits per heavy atom. The van der Waals surface area contributed by atoms with E-state index in [4.69, 9.17) is 5.11 Å². The van der Waals surface area contributed by atoms with E-state index >= 15 is 0 Å². The molecule has 4 heteroatoms. The van der Waals surface area contributed by atoms with Crippen LogP contribution < -0.4 is 0 Å². The van der Waals surface area contributed by atoms with Crippen LogP contribution in [0, 0.1) is 0 Å². The molecule has 1 unspecified atom stereocenters. The van der Waals surface area contributed by atoms with E-state index in [0.717, 1.165) is 6.08 Å². The average molecular weight is 190 g/mol. The molecule has 13 heavy (non-hydrogen) atoms. The summed E-state index contributed by atoms with van der Waals surface area (Å²) in [6.07, 6.45) is -0.206. The number of halogens is 3. The lowest BCUT2D eigenvalue weighted by Crippen LogP contribution is -2.05. The molecule has 0 aromatic carbocycles. The van der Waals surface area contributed by atoms with Crippen LogP contribution in [0.2, 0.25) is 0 Å². The lowest BCUT2D eigenvalue weighted by atomic mass is 10.1.